The zero-order valence-electron chi connectivity index (χ0n) is 12.3. The van der Waals surface area contributed by atoms with Gasteiger partial charge in [0, 0.05) is 25.5 Å². The van der Waals surface area contributed by atoms with Crippen molar-refractivity contribution in [2.75, 3.05) is 23.9 Å². The molecule has 5 nitrogen and oxygen atoms in total. The molecule has 0 aromatic carbocycles. The predicted molar refractivity (Wildman–Crippen MR) is 80.6 cm³/mol. The van der Waals surface area contributed by atoms with E-state index < -0.39 is 0 Å². The Hall–Kier alpha value is -1.07. The van der Waals surface area contributed by atoms with E-state index in [0.717, 1.165) is 0 Å². The number of rotatable bonds is 4. The summed E-state index contributed by atoms with van der Waals surface area (Å²) in [4.78, 5) is 18.8. The van der Waals surface area contributed by atoms with E-state index in [1.165, 1.54) is 0 Å². The molecule has 2 rings (SSSR count). The first kappa shape index (κ1) is 15.3. The monoisotopic (exact) mass is 299 g/mol. The van der Waals surface area contributed by atoms with E-state index in [4.69, 9.17) is 16.3 Å². The summed E-state index contributed by atoms with van der Waals surface area (Å²) in [5.74, 6) is 1.34. The molecule has 2 heterocycles. The van der Waals surface area contributed by atoms with Crippen LogP contribution >= 0.6 is 11.6 Å². The Morgan fingerprint density at radius 2 is 2.30 bits per heavy atom. The molecule has 112 valence electrons. The van der Waals surface area contributed by atoms with Crippen LogP contribution in [0.1, 0.15) is 20.8 Å². The molecule has 1 aromatic rings. The normalized spacial score (nSPS) is 23.4. The number of aromatic nitrogens is 2. The fraction of sp³-hybridized carbons (Fsp3) is 0.714. The van der Waals surface area contributed by atoms with Gasteiger partial charge in [-0.3, -0.25) is 4.79 Å². The quantitative estimate of drug-likeness (QED) is 0.795. The molecule has 0 N–H and O–H groups in total. The zero-order valence-corrected chi connectivity index (χ0v) is 13.0. The molecular weight excluding hydrogens is 278 g/mol. The van der Waals surface area contributed by atoms with Crippen LogP contribution in [-0.4, -0.2) is 40.7 Å². The summed E-state index contributed by atoms with van der Waals surface area (Å²) >= 11 is 5.87. The van der Waals surface area contributed by atoms with Crippen LogP contribution < -0.4 is 10.5 Å². The van der Waals surface area contributed by atoms with Crippen molar-refractivity contribution in [2.45, 2.75) is 39.5 Å². The van der Waals surface area contributed by atoms with Gasteiger partial charge in [-0.15, -0.1) is 11.6 Å². The Kier molecular flexibility index (Phi) is 5.05. The van der Waals surface area contributed by atoms with Gasteiger partial charge in [-0.05, 0) is 12.8 Å². The van der Waals surface area contributed by atoms with Gasteiger partial charge in [-0.1, -0.05) is 13.8 Å². The Morgan fingerprint density at radius 1 is 1.55 bits per heavy atom. The highest BCUT2D eigenvalue weighted by molar-refractivity contribution is 6.18. The molecule has 6 heteroatoms. The van der Waals surface area contributed by atoms with Crippen molar-refractivity contribution >= 4 is 17.4 Å². The van der Waals surface area contributed by atoms with Gasteiger partial charge >= 0.3 is 0 Å². The Labute approximate surface area is 124 Å². The number of morpholine rings is 1. The average molecular weight is 300 g/mol. The third kappa shape index (κ3) is 3.33. The first-order chi connectivity index (χ1) is 9.52. The minimum absolute atomic E-state index is 0.0386. The summed E-state index contributed by atoms with van der Waals surface area (Å²) in [5, 5.41) is 0. The minimum Gasteiger partial charge on any atom is -0.373 e. The standard InChI is InChI=1S/C14H22ClN3O2/c1-10(2)7-17-5-4-16-13(14(17)19)18-8-12(6-15)20-9-11(18)3/h4-5,10-12H,6-9H2,1-3H3. The van der Waals surface area contributed by atoms with Gasteiger partial charge in [0.25, 0.3) is 5.56 Å². The molecular formula is C14H22ClN3O2. The van der Waals surface area contributed by atoms with Crippen molar-refractivity contribution in [2.24, 2.45) is 5.92 Å². The zero-order chi connectivity index (χ0) is 14.7. The van der Waals surface area contributed by atoms with E-state index in [1.54, 1.807) is 17.0 Å². The summed E-state index contributed by atoms with van der Waals surface area (Å²) in [6, 6.07) is 0.129. The second-order valence-electron chi connectivity index (χ2n) is 5.71. The number of hydrogen-bond acceptors (Lipinski definition) is 4. The lowest BCUT2D eigenvalue weighted by molar-refractivity contribution is 0.0360. The molecule has 2 unspecified atom stereocenters. The second kappa shape index (κ2) is 6.59. The Morgan fingerprint density at radius 3 is 2.95 bits per heavy atom. The van der Waals surface area contributed by atoms with Crippen LogP contribution in [0.15, 0.2) is 17.2 Å². The van der Waals surface area contributed by atoms with Gasteiger partial charge < -0.3 is 14.2 Å². The average Bonchev–Trinajstić information content (AvgIpc) is 2.42. The summed E-state index contributed by atoms with van der Waals surface area (Å²) in [6.45, 7) is 8.09. The molecule has 2 atom stereocenters. The molecule has 0 bridgehead atoms. The largest absolute Gasteiger partial charge is 0.373 e. The first-order valence-corrected chi connectivity index (χ1v) is 7.56. The lowest BCUT2D eigenvalue weighted by atomic mass is 10.2. The van der Waals surface area contributed by atoms with Crippen molar-refractivity contribution < 1.29 is 4.74 Å². The molecule has 1 fully saturated rings. The highest BCUT2D eigenvalue weighted by atomic mass is 35.5. The molecule has 0 radical (unpaired) electrons. The highest BCUT2D eigenvalue weighted by Gasteiger charge is 2.28. The molecule has 0 amide bonds. The molecule has 1 aromatic heterocycles. The summed E-state index contributed by atoms with van der Waals surface area (Å²) in [7, 11) is 0. The number of halogens is 1. The van der Waals surface area contributed by atoms with Crippen molar-refractivity contribution in [1.29, 1.82) is 0 Å². The van der Waals surface area contributed by atoms with E-state index in [2.05, 4.69) is 18.8 Å². The molecule has 0 aliphatic carbocycles. The van der Waals surface area contributed by atoms with E-state index in [9.17, 15) is 4.79 Å². The van der Waals surface area contributed by atoms with Gasteiger partial charge in [-0.2, -0.15) is 0 Å². The molecule has 1 saturated heterocycles. The van der Waals surface area contributed by atoms with E-state index in [-0.39, 0.29) is 17.7 Å². The third-order valence-electron chi connectivity index (χ3n) is 3.41. The summed E-state index contributed by atoms with van der Waals surface area (Å²) in [5.41, 5.74) is -0.0386. The van der Waals surface area contributed by atoms with Gasteiger partial charge in [-0.25, -0.2) is 4.98 Å². The van der Waals surface area contributed by atoms with E-state index >= 15 is 0 Å². The van der Waals surface area contributed by atoms with Crippen molar-refractivity contribution in [3.05, 3.63) is 22.7 Å². The van der Waals surface area contributed by atoms with Crippen LogP contribution in [0.25, 0.3) is 0 Å². The summed E-state index contributed by atoms with van der Waals surface area (Å²) < 4.78 is 7.34. The molecule has 1 aliphatic heterocycles. The van der Waals surface area contributed by atoms with Crippen LogP contribution in [0.5, 0.6) is 0 Å². The van der Waals surface area contributed by atoms with Crippen LogP contribution in [0.3, 0.4) is 0 Å². The number of ether oxygens (including phenoxy) is 1. The van der Waals surface area contributed by atoms with Crippen molar-refractivity contribution in [1.82, 2.24) is 9.55 Å². The van der Waals surface area contributed by atoms with Crippen LogP contribution in [-0.2, 0) is 11.3 Å². The number of nitrogens with zero attached hydrogens (tertiary/aromatic N) is 3. The SMILES string of the molecule is CC(C)Cn1ccnc(N2CC(CCl)OCC2C)c1=O. The molecule has 0 spiro atoms. The van der Waals surface area contributed by atoms with Crippen LogP contribution in [0.4, 0.5) is 5.82 Å². The van der Waals surface area contributed by atoms with Crippen molar-refractivity contribution in [3.8, 4) is 0 Å². The van der Waals surface area contributed by atoms with Gasteiger partial charge in [0.2, 0.25) is 0 Å². The van der Waals surface area contributed by atoms with E-state index in [1.807, 2.05) is 11.8 Å². The number of alkyl halides is 1. The fourth-order valence-electron chi connectivity index (χ4n) is 2.38. The number of anilines is 1. The maximum Gasteiger partial charge on any atom is 0.293 e. The summed E-state index contributed by atoms with van der Waals surface area (Å²) in [6.07, 6.45) is 3.39. The number of hydrogen-bond donors (Lipinski definition) is 0. The fourth-order valence-corrected chi connectivity index (χ4v) is 2.56. The third-order valence-corrected chi connectivity index (χ3v) is 3.75. The van der Waals surface area contributed by atoms with E-state index in [0.29, 0.717) is 37.3 Å². The van der Waals surface area contributed by atoms with Gasteiger partial charge in [0.15, 0.2) is 5.82 Å². The minimum atomic E-state index is -0.0483. The Balaban J connectivity index is 2.29. The van der Waals surface area contributed by atoms with Gasteiger partial charge in [0.05, 0.1) is 24.6 Å². The first-order valence-electron chi connectivity index (χ1n) is 7.02. The predicted octanol–water partition coefficient (Wildman–Crippen LogP) is 1.73. The van der Waals surface area contributed by atoms with Crippen molar-refractivity contribution in [3.63, 3.8) is 0 Å². The highest BCUT2D eigenvalue weighted by Crippen LogP contribution is 2.17. The van der Waals surface area contributed by atoms with Crippen LogP contribution in [0.2, 0.25) is 0 Å². The lowest BCUT2D eigenvalue weighted by Gasteiger charge is -2.37. The lowest BCUT2D eigenvalue weighted by Crippen LogP contribution is -2.51. The maximum atomic E-state index is 12.5. The molecule has 1 aliphatic rings. The molecule has 20 heavy (non-hydrogen) atoms. The van der Waals surface area contributed by atoms with Gasteiger partial charge in [0.1, 0.15) is 0 Å². The topological polar surface area (TPSA) is 47.4 Å². The second-order valence-corrected chi connectivity index (χ2v) is 6.02. The molecule has 0 saturated carbocycles. The smallest absolute Gasteiger partial charge is 0.293 e. The Bertz CT molecular complexity index is 503. The maximum absolute atomic E-state index is 12.5. The van der Waals surface area contributed by atoms with Crippen LogP contribution in [0, 0.1) is 5.92 Å².